The number of piperidine rings is 1. The molecule has 72 valence electrons. The zero-order chi connectivity index (χ0) is 9.26. The number of nitrogens with one attached hydrogen (secondary N) is 1. The first-order valence-corrected chi connectivity index (χ1v) is 5.05. The monoisotopic (exact) mass is 179 g/mol. The summed E-state index contributed by atoms with van der Waals surface area (Å²) in [4.78, 5) is 0. The van der Waals surface area contributed by atoms with Gasteiger partial charge in [-0.1, -0.05) is 0 Å². The molecule has 1 aliphatic rings. The average Bonchev–Trinajstić information content (AvgIpc) is 2.47. The second kappa shape index (κ2) is 3.54. The van der Waals surface area contributed by atoms with E-state index in [0.717, 1.165) is 18.8 Å². The van der Waals surface area contributed by atoms with E-state index >= 15 is 0 Å². The summed E-state index contributed by atoms with van der Waals surface area (Å²) >= 11 is 0. The summed E-state index contributed by atoms with van der Waals surface area (Å²) in [5.74, 6) is 2.84. The van der Waals surface area contributed by atoms with E-state index in [-0.39, 0.29) is 0 Å². The second-order valence-corrected chi connectivity index (χ2v) is 3.95. The van der Waals surface area contributed by atoms with Crippen molar-refractivity contribution in [1.29, 1.82) is 0 Å². The second-order valence-electron chi connectivity index (χ2n) is 3.95. The molecule has 0 saturated carbocycles. The van der Waals surface area contributed by atoms with Crippen LogP contribution in [0.1, 0.15) is 35.8 Å². The van der Waals surface area contributed by atoms with Gasteiger partial charge in [-0.15, -0.1) is 0 Å². The number of aryl methyl sites for hydroxylation is 2. The lowest BCUT2D eigenvalue weighted by atomic mass is 9.95. The summed E-state index contributed by atoms with van der Waals surface area (Å²) in [6.45, 7) is 6.40. The Hall–Kier alpha value is -0.760. The van der Waals surface area contributed by atoms with Crippen molar-refractivity contribution in [1.82, 2.24) is 5.32 Å². The van der Waals surface area contributed by atoms with Crippen LogP contribution in [0.5, 0.6) is 0 Å². The van der Waals surface area contributed by atoms with Crippen LogP contribution in [0.15, 0.2) is 10.5 Å². The molecule has 0 bridgehead atoms. The van der Waals surface area contributed by atoms with Gasteiger partial charge >= 0.3 is 0 Å². The summed E-state index contributed by atoms with van der Waals surface area (Å²) in [5.41, 5.74) is 1.31. The minimum atomic E-state index is 0.599. The topological polar surface area (TPSA) is 25.2 Å². The smallest absolute Gasteiger partial charge is 0.111 e. The molecule has 0 amide bonds. The average molecular weight is 179 g/mol. The zero-order valence-corrected chi connectivity index (χ0v) is 8.39. The van der Waals surface area contributed by atoms with Crippen molar-refractivity contribution in [3.05, 3.63) is 23.2 Å². The Morgan fingerprint density at radius 1 is 1.46 bits per heavy atom. The first-order chi connectivity index (χ1) is 6.27. The van der Waals surface area contributed by atoms with E-state index < -0.39 is 0 Å². The molecular weight excluding hydrogens is 162 g/mol. The van der Waals surface area contributed by atoms with Crippen molar-refractivity contribution in [2.75, 3.05) is 13.1 Å². The maximum Gasteiger partial charge on any atom is 0.111 e. The standard InChI is InChI=1S/C11H17NO/c1-8-6-9(2)13-11(8)10-4-3-5-12-7-10/h6,10,12H,3-5,7H2,1-2H3. The van der Waals surface area contributed by atoms with Crippen molar-refractivity contribution < 1.29 is 4.42 Å². The van der Waals surface area contributed by atoms with Gasteiger partial charge in [-0.05, 0) is 44.9 Å². The van der Waals surface area contributed by atoms with E-state index in [1.807, 2.05) is 6.92 Å². The fourth-order valence-electron chi connectivity index (χ4n) is 2.14. The largest absolute Gasteiger partial charge is 0.466 e. The van der Waals surface area contributed by atoms with Crippen LogP contribution in [0.2, 0.25) is 0 Å². The Labute approximate surface area is 79.3 Å². The van der Waals surface area contributed by atoms with Crippen LogP contribution in [0, 0.1) is 13.8 Å². The first-order valence-electron chi connectivity index (χ1n) is 5.05. The van der Waals surface area contributed by atoms with Crippen molar-refractivity contribution in [2.24, 2.45) is 0 Å². The van der Waals surface area contributed by atoms with Gasteiger partial charge < -0.3 is 9.73 Å². The summed E-state index contributed by atoms with van der Waals surface area (Å²) in [5, 5.41) is 3.41. The number of rotatable bonds is 1. The Kier molecular flexibility index (Phi) is 2.40. The van der Waals surface area contributed by atoms with E-state index in [2.05, 4.69) is 18.3 Å². The van der Waals surface area contributed by atoms with Crippen molar-refractivity contribution in [3.8, 4) is 0 Å². The van der Waals surface area contributed by atoms with Crippen LogP contribution >= 0.6 is 0 Å². The van der Waals surface area contributed by atoms with Gasteiger partial charge in [0, 0.05) is 12.5 Å². The molecule has 1 aromatic rings. The highest BCUT2D eigenvalue weighted by Crippen LogP contribution is 2.28. The van der Waals surface area contributed by atoms with Gasteiger partial charge in [-0.2, -0.15) is 0 Å². The number of hydrogen-bond acceptors (Lipinski definition) is 2. The fraction of sp³-hybridized carbons (Fsp3) is 0.636. The predicted molar refractivity (Wildman–Crippen MR) is 53.0 cm³/mol. The van der Waals surface area contributed by atoms with E-state index in [4.69, 9.17) is 4.42 Å². The lowest BCUT2D eigenvalue weighted by Crippen LogP contribution is -2.28. The molecule has 2 rings (SSSR count). The van der Waals surface area contributed by atoms with Crippen molar-refractivity contribution >= 4 is 0 Å². The van der Waals surface area contributed by atoms with Gasteiger partial charge in [-0.25, -0.2) is 0 Å². The minimum Gasteiger partial charge on any atom is -0.466 e. The summed E-state index contributed by atoms with van der Waals surface area (Å²) in [7, 11) is 0. The molecule has 2 heterocycles. The van der Waals surface area contributed by atoms with E-state index in [0.29, 0.717) is 5.92 Å². The molecule has 1 fully saturated rings. The highest BCUT2D eigenvalue weighted by molar-refractivity contribution is 5.23. The Morgan fingerprint density at radius 2 is 2.31 bits per heavy atom. The molecule has 1 aliphatic heterocycles. The molecule has 1 N–H and O–H groups in total. The lowest BCUT2D eigenvalue weighted by molar-refractivity contribution is 0.378. The van der Waals surface area contributed by atoms with E-state index in [9.17, 15) is 0 Å². The summed E-state index contributed by atoms with van der Waals surface area (Å²) in [6.07, 6.45) is 2.53. The van der Waals surface area contributed by atoms with Crippen molar-refractivity contribution in [3.63, 3.8) is 0 Å². The molecule has 0 aromatic carbocycles. The maximum atomic E-state index is 5.71. The van der Waals surface area contributed by atoms with Gasteiger partial charge in [0.1, 0.15) is 11.5 Å². The van der Waals surface area contributed by atoms with Crippen LogP contribution in [-0.2, 0) is 0 Å². The normalized spacial score (nSPS) is 23.4. The highest BCUT2D eigenvalue weighted by Gasteiger charge is 2.20. The van der Waals surface area contributed by atoms with Gasteiger partial charge in [0.25, 0.3) is 0 Å². The molecule has 2 heteroatoms. The van der Waals surface area contributed by atoms with Crippen LogP contribution in [0.25, 0.3) is 0 Å². The molecule has 0 spiro atoms. The fourth-order valence-corrected chi connectivity index (χ4v) is 2.14. The van der Waals surface area contributed by atoms with Crippen LogP contribution < -0.4 is 5.32 Å². The van der Waals surface area contributed by atoms with Crippen LogP contribution in [0.4, 0.5) is 0 Å². The van der Waals surface area contributed by atoms with E-state index in [1.165, 1.54) is 24.2 Å². The number of hydrogen-bond donors (Lipinski definition) is 1. The molecule has 0 aliphatic carbocycles. The lowest BCUT2D eigenvalue weighted by Gasteiger charge is -2.21. The van der Waals surface area contributed by atoms with E-state index in [1.54, 1.807) is 0 Å². The van der Waals surface area contributed by atoms with Crippen molar-refractivity contribution in [2.45, 2.75) is 32.6 Å². The molecule has 0 radical (unpaired) electrons. The first kappa shape index (κ1) is 8.82. The SMILES string of the molecule is Cc1cc(C)c(C2CCCNC2)o1. The molecule has 1 atom stereocenters. The van der Waals surface area contributed by atoms with Gasteiger partial charge in [-0.3, -0.25) is 0 Å². The summed E-state index contributed by atoms with van der Waals surface area (Å²) in [6, 6.07) is 2.13. The van der Waals surface area contributed by atoms with Gasteiger partial charge in [0.05, 0.1) is 0 Å². The van der Waals surface area contributed by atoms with Crippen LogP contribution in [0.3, 0.4) is 0 Å². The Balaban J connectivity index is 2.18. The Bertz CT molecular complexity index is 284. The quantitative estimate of drug-likeness (QED) is 0.716. The third-order valence-electron chi connectivity index (χ3n) is 2.75. The third-order valence-corrected chi connectivity index (χ3v) is 2.75. The molecule has 13 heavy (non-hydrogen) atoms. The minimum absolute atomic E-state index is 0.599. The molecule has 2 nitrogen and oxygen atoms in total. The molecular formula is C11H17NO. The molecule has 1 aromatic heterocycles. The Morgan fingerprint density at radius 3 is 2.85 bits per heavy atom. The predicted octanol–water partition coefficient (Wildman–Crippen LogP) is 2.36. The zero-order valence-electron chi connectivity index (χ0n) is 8.39. The van der Waals surface area contributed by atoms with Gasteiger partial charge in [0.2, 0.25) is 0 Å². The maximum absolute atomic E-state index is 5.71. The molecule has 1 unspecified atom stereocenters. The number of furan rings is 1. The summed E-state index contributed by atoms with van der Waals surface area (Å²) < 4.78 is 5.71. The van der Waals surface area contributed by atoms with Crippen LogP contribution in [-0.4, -0.2) is 13.1 Å². The molecule has 1 saturated heterocycles. The third kappa shape index (κ3) is 1.78. The van der Waals surface area contributed by atoms with Gasteiger partial charge in [0.15, 0.2) is 0 Å². The highest BCUT2D eigenvalue weighted by atomic mass is 16.3.